The first kappa shape index (κ1) is 9.26. The third kappa shape index (κ3) is 2.08. The maximum absolute atomic E-state index is 11.2. The van der Waals surface area contributed by atoms with Gasteiger partial charge in [-0.25, -0.2) is 0 Å². The van der Waals surface area contributed by atoms with E-state index in [-0.39, 0.29) is 11.2 Å². The average Bonchev–Trinajstić information content (AvgIpc) is 1.82. The number of allylic oxidation sites excluding steroid dienone is 2. The lowest BCUT2D eigenvalue weighted by molar-refractivity contribution is -0.118. The van der Waals surface area contributed by atoms with Gasteiger partial charge in [0.25, 0.3) is 0 Å². The van der Waals surface area contributed by atoms with Gasteiger partial charge in [-0.15, -0.1) is 0 Å². The van der Waals surface area contributed by atoms with Gasteiger partial charge in [0.2, 0.25) is 0 Å². The first-order valence-corrected chi connectivity index (χ1v) is 4.07. The van der Waals surface area contributed by atoms with Crippen molar-refractivity contribution in [2.24, 2.45) is 5.41 Å². The Bertz CT molecular complexity index is 229. The Labute approximate surface area is 72.6 Å². The molecule has 12 heavy (non-hydrogen) atoms. The Hall–Kier alpha value is -0.830. The molecule has 0 spiro atoms. The van der Waals surface area contributed by atoms with E-state index in [1.54, 1.807) is 7.05 Å². The highest BCUT2D eigenvalue weighted by atomic mass is 16.5. The minimum absolute atomic E-state index is 0.0157. The molecule has 0 saturated carbocycles. The highest BCUT2D eigenvalue weighted by molar-refractivity contribution is 5.91. The molecular weight excluding hydrogens is 154 g/mol. The second-order valence-corrected chi connectivity index (χ2v) is 4.14. The van der Waals surface area contributed by atoms with Gasteiger partial charge in [0, 0.05) is 25.2 Å². The van der Waals surface area contributed by atoms with Crippen LogP contribution in [-0.4, -0.2) is 23.1 Å². The second-order valence-electron chi connectivity index (χ2n) is 4.14. The molecule has 0 radical (unpaired) electrons. The Kier molecular flexibility index (Phi) is 2.24. The summed E-state index contributed by atoms with van der Waals surface area (Å²) in [4.78, 5) is 11.2. The lowest BCUT2D eigenvalue weighted by atomic mass is 9.79. The van der Waals surface area contributed by atoms with Crippen LogP contribution in [0, 0.1) is 5.41 Å². The monoisotopic (exact) mass is 169 g/mol. The van der Waals surface area contributed by atoms with Gasteiger partial charge in [-0.2, -0.15) is 0 Å². The van der Waals surface area contributed by atoms with E-state index in [1.807, 2.05) is 13.8 Å². The van der Waals surface area contributed by atoms with Crippen molar-refractivity contribution in [3.05, 3.63) is 11.8 Å². The molecule has 0 bridgehead atoms. The topological polar surface area (TPSA) is 40.5 Å². The number of hydrogen-bond donors (Lipinski definition) is 1. The molecule has 1 aliphatic carbocycles. The Balaban J connectivity index is 2.84. The summed E-state index contributed by atoms with van der Waals surface area (Å²) in [5, 5.41) is 10.2. The van der Waals surface area contributed by atoms with Crippen molar-refractivity contribution in [2.75, 3.05) is 7.05 Å². The number of ketones is 1. The van der Waals surface area contributed by atoms with E-state index < -0.39 is 0 Å². The normalized spacial score (nSPS) is 22.0. The maximum atomic E-state index is 11.2. The van der Waals surface area contributed by atoms with Gasteiger partial charge < -0.3 is 0 Å². The van der Waals surface area contributed by atoms with Crippen LogP contribution in [0.15, 0.2) is 11.8 Å². The van der Waals surface area contributed by atoms with E-state index in [0.717, 1.165) is 11.5 Å². The van der Waals surface area contributed by atoms with Crippen molar-refractivity contribution in [2.45, 2.75) is 26.7 Å². The molecule has 0 atom stereocenters. The fourth-order valence-electron chi connectivity index (χ4n) is 1.52. The highest BCUT2D eigenvalue weighted by Crippen LogP contribution is 2.33. The van der Waals surface area contributed by atoms with Crippen molar-refractivity contribution in [3.8, 4) is 0 Å². The quantitative estimate of drug-likeness (QED) is 0.606. The Morgan fingerprint density at radius 2 is 2.08 bits per heavy atom. The zero-order valence-electron chi connectivity index (χ0n) is 7.79. The fraction of sp³-hybridized carbons (Fsp3) is 0.667. The van der Waals surface area contributed by atoms with E-state index >= 15 is 0 Å². The fourth-order valence-corrected chi connectivity index (χ4v) is 1.52. The van der Waals surface area contributed by atoms with Crippen molar-refractivity contribution < 1.29 is 10.0 Å². The van der Waals surface area contributed by atoms with Gasteiger partial charge in [-0.3, -0.25) is 15.1 Å². The Morgan fingerprint density at radius 1 is 1.50 bits per heavy atom. The summed E-state index contributed by atoms with van der Waals surface area (Å²) in [5.74, 6) is 0.0992. The SMILES string of the molecule is CN(O)C1=CC(=O)CC(C)(C)C1. The van der Waals surface area contributed by atoms with Crippen LogP contribution >= 0.6 is 0 Å². The lowest BCUT2D eigenvalue weighted by Gasteiger charge is -2.30. The van der Waals surface area contributed by atoms with Gasteiger partial charge >= 0.3 is 0 Å². The molecule has 0 aromatic rings. The minimum Gasteiger partial charge on any atom is -0.295 e. The first-order chi connectivity index (χ1) is 5.41. The van der Waals surface area contributed by atoms with Gasteiger partial charge in [-0.1, -0.05) is 13.8 Å². The van der Waals surface area contributed by atoms with Crippen LogP contribution in [0.4, 0.5) is 0 Å². The average molecular weight is 169 g/mol. The summed E-state index contributed by atoms with van der Waals surface area (Å²) in [6.45, 7) is 4.06. The number of carbonyl (C=O) groups excluding carboxylic acids is 1. The Morgan fingerprint density at radius 3 is 2.50 bits per heavy atom. The molecule has 0 aromatic carbocycles. The minimum atomic E-state index is -0.0157. The molecule has 0 heterocycles. The van der Waals surface area contributed by atoms with Crippen LogP contribution in [0.1, 0.15) is 26.7 Å². The summed E-state index contributed by atoms with van der Waals surface area (Å²) in [5.41, 5.74) is 0.689. The summed E-state index contributed by atoms with van der Waals surface area (Å²) < 4.78 is 0. The van der Waals surface area contributed by atoms with Gasteiger partial charge in [0.15, 0.2) is 5.78 Å². The van der Waals surface area contributed by atoms with Crippen LogP contribution in [-0.2, 0) is 4.79 Å². The first-order valence-electron chi connectivity index (χ1n) is 4.07. The summed E-state index contributed by atoms with van der Waals surface area (Å²) in [6.07, 6.45) is 2.85. The van der Waals surface area contributed by atoms with Crippen LogP contribution in [0.3, 0.4) is 0 Å². The van der Waals surface area contributed by atoms with Crippen molar-refractivity contribution >= 4 is 5.78 Å². The predicted octanol–water partition coefficient (Wildman–Crippen LogP) is 1.58. The molecule has 1 N–H and O–H groups in total. The summed E-state index contributed by atoms with van der Waals surface area (Å²) in [6, 6.07) is 0. The molecule has 3 heteroatoms. The van der Waals surface area contributed by atoms with Crippen molar-refractivity contribution in [1.29, 1.82) is 0 Å². The summed E-state index contributed by atoms with van der Waals surface area (Å²) >= 11 is 0. The number of hydrogen-bond acceptors (Lipinski definition) is 3. The number of carbonyl (C=O) groups is 1. The third-order valence-electron chi connectivity index (χ3n) is 2.06. The predicted molar refractivity (Wildman–Crippen MR) is 45.7 cm³/mol. The molecule has 1 rings (SSSR count). The van der Waals surface area contributed by atoms with E-state index in [2.05, 4.69) is 0 Å². The van der Waals surface area contributed by atoms with E-state index in [0.29, 0.717) is 12.1 Å². The molecule has 0 fully saturated rings. The molecule has 68 valence electrons. The number of rotatable bonds is 1. The van der Waals surface area contributed by atoms with Crippen LogP contribution < -0.4 is 0 Å². The van der Waals surface area contributed by atoms with Crippen LogP contribution in [0.2, 0.25) is 0 Å². The summed E-state index contributed by atoms with van der Waals surface area (Å²) in [7, 11) is 1.54. The zero-order chi connectivity index (χ0) is 9.35. The number of hydroxylamine groups is 2. The molecule has 0 aliphatic heterocycles. The van der Waals surface area contributed by atoms with Crippen molar-refractivity contribution in [1.82, 2.24) is 5.06 Å². The molecule has 0 unspecified atom stereocenters. The zero-order valence-corrected chi connectivity index (χ0v) is 7.79. The molecule has 3 nitrogen and oxygen atoms in total. The van der Waals surface area contributed by atoms with E-state index in [1.165, 1.54) is 6.08 Å². The van der Waals surface area contributed by atoms with Gasteiger partial charge in [0.1, 0.15) is 0 Å². The standard InChI is InChI=1S/C9H15NO2/c1-9(2)5-7(10(3)12)4-8(11)6-9/h4,12H,5-6H2,1-3H3. The number of nitrogens with zero attached hydrogens (tertiary/aromatic N) is 1. The van der Waals surface area contributed by atoms with Gasteiger partial charge in [-0.05, 0) is 11.8 Å². The van der Waals surface area contributed by atoms with E-state index in [9.17, 15) is 4.79 Å². The molecule has 1 aliphatic rings. The highest BCUT2D eigenvalue weighted by Gasteiger charge is 2.28. The van der Waals surface area contributed by atoms with Gasteiger partial charge in [0.05, 0.1) is 0 Å². The third-order valence-corrected chi connectivity index (χ3v) is 2.06. The molecule has 0 saturated heterocycles. The van der Waals surface area contributed by atoms with Crippen molar-refractivity contribution in [3.63, 3.8) is 0 Å². The maximum Gasteiger partial charge on any atom is 0.158 e. The lowest BCUT2D eigenvalue weighted by Crippen LogP contribution is -2.27. The second kappa shape index (κ2) is 2.90. The van der Waals surface area contributed by atoms with Crippen LogP contribution in [0.5, 0.6) is 0 Å². The molecular formula is C9H15NO2. The van der Waals surface area contributed by atoms with E-state index in [4.69, 9.17) is 5.21 Å². The molecule has 0 amide bonds. The smallest absolute Gasteiger partial charge is 0.158 e. The molecule has 0 aromatic heterocycles. The largest absolute Gasteiger partial charge is 0.295 e. The van der Waals surface area contributed by atoms with Crippen LogP contribution in [0.25, 0.3) is 0 Å².